The molecular weight excluding hydrogens is 570 g/mol. The number of halogens is 1. The summed E-state index contributed by atoms with van der Waals surface area (Å²) < 4.78 is 27.1. The predicted molar refractivity (Wildman–Crippen MR) is 179 cm³/mol. The normalized spacial score (nSPS) is 28.0. The van der Waals surface area contributed by atoms with Crippen molar-refractivity contribution in [1.82, 2.24) is 0 Å². The van der Waals surface area contributed by atoms with Gasteiger partial charge in [-0.3, -0.25) is 4.79 Å². The highest BCUT2D eigenvalue weighted by Crippen LogP contribution is 2.32. The monoisotopic (exact) mass is 637 g/mol. The smallest absolute Gasteiger partial charge is 0.159 e. The molecule has 6 nitrogen and oxygen atoms in total. The van der Waals surface area contributed by atoms with Crippen molar-refractivity contribution in [3.05, 3.63) is 11.6 Å². The van der Waals surface area contributed by atoms with Crippen molar-refractivity contribution >= 4 is 5.78 Å². The van der Waals surface area contributed by atoms with E-state index in [0.717, 1.165) is 95.5 Å². The Hall–Kier alpha value is -0.860. The number of ether oxygens (including phenoxy) is 2. The first-order chi connectivity index (χ1) is 21.8. The summed E-state index contributed by atoms with van der Waals surface area (Å²) in [4.78, 5) is 11.9. The third-order valence-corrected chi connectivity index (χ3v) is 10.4. The summed E-state index contributed by atoms with van der Waals surface area (Å²) in [6, 6.07) is 0. The molecule has 3 N–H and O–H groups in total. The first kappa shape index (κ1) is 38.6. The quantitative estimate of drug-likeness (QED) is 0.0869. The number of Topliss-reactive ketones (excluding diaryl/α,β-unsaturated/α-hetero) is 1. The van der Waals surface area contributed by atoms with Gasteiger partial charge in [-0.15, -0.1) is 0 Å². The van der Waals surface area contributed by atoms with Crippen LogP contribution in [-0.4, -0.2) is 70.0 Å². The number of allylic oxidation sites excluding steroid dienone is 1. The fraction of sp³-hybridized carbons (Fsp3) is 0.921. The average molecular weight is 638 g/mol. The second kappa shape index (κ2) is 21.9. The van der Waals surface area contributed by atoms with Gasteiger partial charge in [0.2, 0.25) is 0 Å². The third kappa shape index (κ3) is 14.8. The number of ketones is 1. The Balaban J connectivity index is 1.16. The fourth-order valence-corrected chi connectivity index (χ4v) is 7.58. The largest absolute Gasteiger partial charge is 0.393 e. The van der Waals surface area contributed by atoms with Gasteiger partial charge in [-0.2, -0.15) is 0 Å². The molecule has 0 radical (unpaired) electrons. The predicted octanol–water partition coefficient (Wildman–Crippen LogP) is 8.47. The van der Waals surface area contributed by atoms with E-state index in [0.29, 0.717) is 25.2 Å². The van der Waals surface area contributed by atoms with Crippen molar-refractivity contribution in [2.75, 3.05) is 0 Å². The van der Waals surface area contributed by atoms with Gasteiger partial charge < -0.3 is 24.8 Å². The fourth-order valence-electron chi connectivity index (χ4n) is 7.58. The number of rotatable bonds is 25. The summed E-state index contributed by atoms with van der Waals surface area (Å²) in [7, 11) is 0. The Labute approximate surface area is 273 Å². The van der Waals surface area contributed by atoms with Crippen molar-refractivity contribution in [2.45, 2.75) is 217 Å². The van der Waals surface area contributed by atoms with Gasteiger partial charge in [-0.25, -0.2) is 4.39 Å². The van der Waals surface area contributed by atoms with E-state index in [1.165, 1.54) is 38.5 Å². The van der Waals surface area contributed by atoms with E-state index in [1.54, 1.807) is 0 Å². The zero-order chi connectivity index (χ0) is 32.4. The van der Waals surface area contributed by atoms with Crippen LogP contribution in [0.25, 0.3) is 0 Å². The van der Waals surface area contributed by atoms with Gasteiger partial charge in [-0.1, -0.05) is 103 Å². The van der Waals surface area contributed by atoms with E-state index >= 15 is 4.39 Å². The van der Waals surface area contributed by atoms with E-state index in [9.17, 15) is 20.1 Å². The molecule has 0 saturated carbocycles. The topological polar surface area (TPSA) is 96.2 Å². The number of carbonyl (C=O) groups is 1. The number of aliphatic hydroxyl groups excluding tert-OH is 3. The number of hydrogen-bond donors (Lipinski definition) is 3. The van der Waals surface area contributed by atoms with Crippen molar-refractivity contribution in [1.29, 1.82) is 0 Å². The van der Waals surface area contributed by atoms with Crippen LogP contribution < -0.4 is 0 Å². The maximum Gasteiger partial charge on any atom is 0.159 e. The molecule has 2 fully saturated rings. The summed E-state index contributed by atoms with van der Waals surface area (Å²) >= 11 is 0. The molecular formula is C38H67FO6. The molecule has 3 rings (SSSR count). The van der Waals surface area contributed by atoms with Crippen LogP contribution in [0.1, 0.15) is 168 Å². The molecule has 0 aromatic carbocycles. The third-order valence-electron chi connectivity index (χ3n) is 10.4. The van der Waals surface area contributed by atoms with Gasteiger partial charge in [0.15, 0.2) is 5.78 Å². The van der Waals surface area contributed by atoms with Gasteiger partial charge in [0, 0.05) is 12.8 Å². The molecule has 0 spiro atoms. The van der Waals surface area contributed by atoms with Gasteiger partial charge >= 0.3 is 0 Å². The zero-order valence-electron chi connectivity index (χ0n) is 28.7. The SMILES string of the molecule is CCCCCCCCCC[C@H](O)[C@H]1CC[C@@H]([C@@H](O)CC[C@H]([18F])[C@@H]2CC[C@@H](CCCCCCC[C@@H](O)CC3=C[C@H](C)CC3=O)O2)O1. The summed E-state index contributed by atoms with van der Waals surface area (Å²) in [6.45, 7) is 4.28. The summed E-state index contributed by atoms with van der Waals surface area (Å²) in [5.74, 6) is 0.505. The molecule has 1 aliphatic carbocycles. The molecule has 2 heterocycles. The van der Waals surface area contributed by atoms with E-state index in [1.807, 2.05) is 13.0 Å². The highest BCUT2D eigenvalue weighted by atomic mass is 18.2. The summed E-state index contributed by atoms with van der Waals surface area (Å²) in [5, 5.41) is 31.6. The van der Waals surface area contributed by atoms with Crippen LogP contribution >= 0.6 is 0 Å². The second-order valence-corrected chi connectivity index (χ2v) is 14.7. The zero-order valence-corrected chi connectivity index (χ0v) is 28.7. The van der Waals surface area contributed by atoms with Crippen LogP contribution in [0.4, 0.5) is 4.39 Å². The minimum Gasteiger partial charge on any atom is -0.393 e. The molecule has 45 heavy (non-hydrogen) atoms. The molecule has 7 heteroatoms. The molecule has 262 valence electrons. The Bertz CT molecular complexity index is 835. The lowest BCUT2D eigenvalue weighted by atomic mass is 9.99. The Morgan fingerprint density at radius 3 is 1.96 bits per heavy atom. The first-order valence-corrected chi connectivity index (χ1v) is 19.0. The van der Waals surface area contributed by atoms with Crippen molar-refractivity contribution in [3.63, 3.8) is 0 Å². The minimum absolute atomic E-state index is 0.126. The number of aliphatic hydroxyl groups is 3. The van der Waals surface area contributed by atoms with Crippen molar-refractivity contribution in [2.24, 2.45) is 5.92 Å². The number of carbonyl (C=O) groups excluding carboxylic acids is 1. The van der Waals surface area contributed by atoms with Gasteiger partial charge in [-0.05, 0) is 69.3 Å². The van der Waals surface area contributed by atoms with Gasteiger partial charge in [0.05, 0.1) is 42.7 Å². The average Bonchev–Trinajstić information content (AvgIpc) is 3.77. The Morgan fingerprint density at radius 1 is 0.733 bits per heavy atom. The minimum atomic E-state index is -1.07. The van der Waals surface area contributed by atoms with Crippen LogP contribution in [0.15, 0.2) is 11.6 Å². The molecule has 3 aliphatic rings. The van der Waals surface area contributed by atoms with E-state index in [-0.39, 0.29) is 36.6 Å². The summed E-state index contributed by atoms with van der Waals surface area (Å²) in [6.07, 6.45) is 21.1. The molecule has 2 aliphatic heterocycles. The van der Waals surface area contributed by atoms with E-state index in [2.05, 4.69) is 6.92 Å². The van der Waals surface area contributed by atoms with Crippen LogP contribution in [0.2, 0.25) is 0 Å². The molecule has 9 atom stereocenters. The van der Waals surface area contributed by atoms with Crippen molar-refractivity contribution < 1.29 is 34.0 Å². The first-order valence-electron chi connectivity index (χ1n) is 19.0. The lowest BCUT2D eigenvalue weighted by Crippen LogP contribution is -2.32. The highest BCUT2D eigenvalue weighted by molar-refractivity contribution is 5.97. The van der Waals surface area contributed by atoms with E-state index in [4.69, 9.17) is 9.47 Å². The Morgan fingerprint density at radius 2 is 1.31 bits per heavy atom. The summed E-state index contributed by atoms with van der Waals surface area (Å²) in [5.41, 5.74) is 0.813. The lowest BCUT2D eigenvalue weighted by molar-refractivity contribution is -0.115. The molecule has 0 aromatic rings. The number of unbranched alkanes of at least 4 members (excludes halogenated alkanes) is 11. The van der Waals surface area contributed by atoms with Crippen LogP contribution in [-0.2, 0) is 14.3 Å². The molecule has 2 saturated heterocycles. The maximum atomic E-state index is 15.0. The van der Waals surface area contributed by atoms with E-state index < -0.39 is 24.5 Å². The second-order valence-electron chi connectivity index (χ2n) is 14.7. The molecule has 0 unspecified atom stereocenters. The van der Waals surface area contributed by atoms with Gasteiger partial charge in [0.25, 0.3) is 0 Å². The number of alkyl halides is 1. The molecule has 0 amide bonds. The standard InChI is InChI=1S/C38H67FO6/c1-3-4-5-6-7-8-12-15-18-33(41)37-23-24-38(45-37)34(42)21-20-32(39)36-22-19-31(44-36)17-14-11-9-10-13-16-30(40)27-29-25-28(2)26-35(29)43/h25,28,30-34,36-38,40-42H,3-24,26-27H2,1-2H3/t28-,30+,31+,32-,33-,34-,36-,37+,38-/m0/s1/i39-1. The van der Waals surface area contributed by atoms with Crippen LogP contribution in [0.5, 0.6) is 0 Å². The molecule has 0 bridgehead atoms. The molecule has 0 aromatic heterocycles. The number of hydrogen-bond acceptors (Lipinski definition) is 6. The van der Waals surface area contributed by atoms with Gasteiger partial charge in [0.1, 0.15) is 6.17 Å². The van der Waals surface area contributed by atoms with Crippen molar-refractivity contribution in [3.8, 4) is 0 Å². The highest BCUT2D eigenvalue weighted by Gasteiger charge is 2.36. The van der Waals surface area contributed by atoms with Crippen LogP contribution in [0.3, 0.4) is 0 Å². The Kier molecular flexibility index (Phi) is 18.8. The van der Waals surface area contributed by atoms with Crippen LogP contribution in [0, 0.1) is 5.92 Å². The maximum absolute atomic E-state index is 15.0. The lowest BCUT2D eigenvalue weighted by Gasteiger charge is -2.23.